The van der Waals surface area contributed by atoms with Gasteiger partial charge in [0.1, 0.15) is 5.82 Å². The van der Waals surface area contributed by atoms with Gasteiger partial charge >= 0.3 is 0 Å². The molecule has 8 nitrogen and oxygen atoms in total. The van der Waals surface area contributed by atoms with Crippen molar-refractivity contribution in [2.75, 3.05) is 52.4 Å². The summed E-state index contributed by atoms with van der Waals surface area (Å²) in [6.45, 7) is 7.35. The Morgan fingerprint density at radius 1 is 0.682 bits per heavy atom. The lowest BCUT2D eigenvalue weighted by atomic mass is 9.93. The Kier molecular flexibility index (Phi) is 9.02. The average Bonchev–Trinajstić information content (AvgIpc) is 3.08. The van der Waals surface area contributed by atoms with Gasteiger partial charge in [-0.3, -0.25) is 19.3 Å². The number of hydrogen-bond donors (Lipinski definition) is 0. The van der Waals surface area contributed by atoms with E-state index in [-0.39, 0.29) is 29.5 Å². The number of piperazine rings is 1. The van der Waals surface area contributed by atoms with Crippen molar-refractivity contribution in [3.8, 4) is 22.5 Å². The number of amides is 3. The van der Waals surface area contributed by atoms with Gasteiger partial charge in [0.25, 0.3) is 5.91 Å². The van der Waals surface area contributed by atoms with Crippen LogP contribution in [0.3, 0.4) is 0 Å². The van der Waals surface area contributed by atoms with E-state index in [0.29, 0.717) is 49.2 Å². The van der Waals surface area contributed by atoms with Gasteiger partial charge < -0.3 is 14.7 Å². The molecule has 0 atom stereocenters. The number of aromatic nitrogens is 1. The summed E-state index contributed by atoms with van der Waals surface area (Å²) in [5.74, 6) is 0.0193. The van der Waals surface area contributed by atoms with Gasteiger partial charge in [0, 0.05) is 87.9 Å². The van der Waals surface area contributed by atoms with Crippen LogP contribution < -0.4 is 0 Å². The quantitative estimate of drug-likeness (QED) is 0.431. The Bertz CT molecular complexity index is 1470. The third-order valence-electron chi connectivity index (χ3n) is 9.47. The zero-order valence-corrected chi connectivity index (χ0v) is 25.3. The van der Waals surface area contributed by atoms with E-state index in [1.807, 2.05) is 57.2 Å². The molecule has 230 valence electrons. The number of nitrogens with zero attached hydrogens (tertiary/aromatic N) is 5. The van der Waals surface area contributed by atoms with Crippen LogP contribution in [0.15, 0.2) is 66.7 Å². The predicted molar refractivity (Wildman–Crippen MR) is 167 cm³/mol. The number of hydrogen-bond acceptors (Lipinski definition) is 5. The summed E-state index contributed by atoms with van der Waals surface area (Å²) in [7, 11) is 0. The van der Waals surface area contributed by atoms with E-state index < -0.39 is 0 Å². The zero-order valence-electron chi connectivity index (χ0n) is 25.3. The lowest BCUT2D eigenvalue weighted by Gasteiger charge is -2.43. The highest BCUT2D eigenvalue weighted by atomic mass is 19.1. The number of carbonyl (C=O) groups excluding carboxylic acids is 3. The number of piperidine rings is 2. The molecule has 3 aliphatic heterocycles. The summed E-state index contributed by atoms with van der Waals surface area (Å²) in [5.41, 5.74) is 3.60. The van der Waals surface area contributed by atoms with Crippen LogP contribution in [0, 0.1) is 11.7 Å². The van der Waals surface area contributed by atoms with E-state index in [0.717, 1.165) is 63.0 Å². The normalized spacial score (nSPS) is 18.8. The minimum Gasteiger partial charge on any atom is -0.343 e. The largest absolute Gasteiger partial charge is 0.343 e. The Balaban J connectivity index is 1.06. The third-order valence-corrected chi connectivity index (χ3v) is 9.47. The highest BCUT2D eigenvalue weighted by Gasteiger charge is 2.34. The number of halogens is 1. The van der Waals surface area contributed by atoms with E-state index >= 15 is 0 Å². The van der Waals surface area contributed by atoms with Crippen LogP contribution in [0.5, 0.6) is 0 Å². The first-order chi connectivity index (χ1) is 21.4. The van der Waals surface area contributed by atoms with Crippen LogP contribution in [0.2, 0.25) is 0 Å². The van der Waals surface area contributed by atoms with E-state index in [1.165, 1.54) is 12.1 Å². The maximum absolute atomic E-state index is 13.8. The average molecular weight is 598 g/mol. The van der Waals surface area contributed by atoms with E-state index in [2.05, 4.69) is 4.90 Å². The Morgan fingerprint density at radius 3 is 1.84 bits per heavy atom. The SMILES string of the molecule is CC(=O)N1CCC(C(=O)N2CCC(N3CCN(C(=O)c4cc(-c5ccccc5)nc(-c5ccc(F)cc5)c4)CC3)CC2)CC1. The fourth-order valence-corrected chi connectivity index (χ4v) is 6.80. The molecule has 2 aromatic carbocycles. The Morgan fingerprint density at radius 2 is 1.25 bits per heavy atom. The van der Waals surface area contributed by atoms with Gasteiger partial charge in [0.05, 0.1) is 11.4 Å². The summed E-state index contributed by atoms with van der Waals surface area (Å²) in [4.78, 5) is 51.6. The number of benzene rings is 2. The predicted octanol–water partition coefficient (Wildman–Crippen LogP) is 4.56. The topological polar surface area (TPSA) is 77.1 Å². The minimum atomic E-state index is -0.314. The number of likely N-dealkylation sites (tertiary alicyclic amines) is 2. The van der Waals surface area contributed by atoms with Crippen molar-refractivity contribution in [2.24, 2.45) is 5.92 Å². The number of rotatable bonds is 5. The van der Waals surface area contributed by atoms with Crippen molar-refractivity contribution >= 4 is 17.7 Å². The maximum atomic E-state index is 13.8. The van der Waals surface area contributed by atoms with E-state index in [9.17, 15) is 18.8 Å². The van der Waals surface area contributed by atoms with Gasteiger partial charge in [-0.25, -0.2) is 9.37 Å². The lowest BCUT2D eigenvalue weighted by molar-refractivity contribution is -0.141. The second-order valence-corrected chi connectivity index (χ2v) is 12.2. The first-order valence-electron chi connectivity index (χ1n) is 15.8. The molecule has 0 N–H and O–H groups in total. The second kappa shape index (κ2) is 13.3. The highest BCUT2D eigenvalue weighted by Crippen LogP contribution is 2.27. The molecule has 3 aliphatic rings. The highest BCUT2D eigenvalue weighted by molar-refractivity contribution is 5.96. The second-order valence-electron chi connectivity index (χ2n) is 12.2. The van der Waals surface area contributed by atoms with E-state index in [1.54, 1.807) is 19.1 Å². The van der Waals surface area contributed by atoms with Gasteiger partial charge in [-0.15, -0.1) is 0 Å². The molecular weight excluding hydrogens is 557 g/mol. The summed E-state index contributed by atoms with van der Waals surface area (Å²) in [5, 5.41) is 0. The molecule has 0 radical (unpaired) electrons. The lowest BCUT2D eigenvalue weighted by Crippen LogP contribution is -2.55. The van der Waals surface area contributed by atoms with Crippen LogP contribution in [-0.4, -0.2) is 101 Å². The van der Waals surface area contributed by atoms with Crippen LogP contribution in [0.25, 0.3) is 22.5 Å². The molecule has 3 amide bonds. The van der Waals surface area contributed by atoms with Gasteiger partial charge in [-0.05, 0) is 62.1 Å². The molecule has 0 unspecified atom stereocenters. The first-order valence-corrected chi connectivity index (χ1v) is 15.8. The van der Waals surface area contributed by atoms with Gasteiger partial charge in [0.15, 0.2) is 0 Å². The molecule has 1 aromatic heterocycles. The van der Waals surface area contributed by atoms with Crippen LogP contribution >= 0.6 is 0 Å². The van der Waals surface area contributed by atoms with Crippen LogP contribution in [0.1, 0.15) is 43.0 Å². The smallest absolute Gasteiger partial charge is 0.254 e. The first kappa shape index (κ1) is 29.9. The fraction of sp³-hybridized carbons (Fsp3) is 0.429. The van der Waals surface area contributed by atoms with E-state index in [4.69, 9.17) is 4.98 Å². The molecule has 3 aromatic rings. The molecule has 0 bridgehead atoms. The minimum absolute atomic E-state index is 0.0240. The summed E-state index contributed by atoms with van der Waals surface area (Å²) in [6.07, 6.45) is 3.39. The summed E-state index contributed by atoms with van der Waals surface area (Å²) >= 11 is 0. The molecular formula is C35H40FN5O3. The third kappa shape index (κ3) is 6.68. The van der Waals surface area contributed by atoms with Crippen molar-refractivity contribution in [1.29, 1.82) is 0 Å². The van der Waals surface area contributed by atoms with Gasteiger partial charge in [0.2, 0.25) is 11.8 Å². The molecule has 4 heterocycles. The van der Waals surface area contributed by atoms with Crippen molar-refractivity contribution < 1.29 is 18.8 Å². The molecule has 0 saturated carbocycles. The molecule has 44 heavy (non-hydrogen) atoms. The van der Waals surface area contributed by atoms with Crippen molar-refractivity contribution in [1.82, 2.24) is 24.6 Å². The van der Waals surface area contributed by atoms with Gasteiger partial charge in [-0.2, -0.15) is 0 Å². The Hall–Kier alpha value is -4.11. The summed E-state index contributed by atoms with van der Waals surface area (Å²) < 4.78 is 13.6. The fourth-order valence-electron chi connectivity index (χ4n) is 6.80. The number of carbonyl (C=O) groups is 3. The number of pyridine rings is 1. The van der Waals surface area contributed by atoms with Gasteiger partial charge in [-0.1, -0.05) is 30.3 Å². The van der Waals surface area contributed by atoms with Crippen molar-refractivity contribution in [2.45, 2.75) is 38.6 Å². The molecule has 0 aliphatic carbocycles. The zero-order chi connectivity index (χ0) is 30.6. The van der Waals surface area contributed by atoms with Crippen molar-refractivity contribution in [3.63, 3.8) is 0 Å². The molecule has 3 fully saturated rings. The molecule has 6 rings (SSSR count). The Labute approximate surface area is 258 Å². The molecule has 3 saturated heterocycles. The molecule has 0 spiro atoms. The monoisotopic (exact) mass is 597 g/mol. The maximum Gasteiger partial charge on any atom is 0.254 e. The standard InChI is InChI=1S/C35H40FN5O3/c1-25(42)38-15-11-28(12-16-38)34(43)40-17-13-31(14-18-40)39-19-21-41(22-20-39)35(44)29-23-32(26-5-3-2-4-6-26)37-33(24-29)27-7-9-30(36)10-8-27/h2-10,23-24,28,31H,11-22H2,1H3. The van der Waals surface area contributed by atoms with Crippen LogP contribution in [-0.2, 0) is 9.59 Å². The van der Waals surface area contributed by atoms with Crippen LogP contribution in [0.4, 0.5) is 4.39 Å². The van der Waals surface area contributed by atoms with Crippen molar-refractivity contribution in [3.05, 3.63) is 78.1 Å². The molecule has 9 heteroatoms. The summed E-state index contributed by atoms with van der Waals surface area (Å²) in [6, 6.07) is 20.1.